The van der Waals surface area contributed by atoms with E-state index in [-0.39, 0.29) is 12.1 Å². The molecule has 2 aromatic carbocycles. The van der Waals surface area contributed by atoms with Crippen molar-refractivity contribution in [3.8, 4) is 23.3 Å². The van der Waals surface area contributed by atoms with Gasteiger partial charge in [0.1, 0.15) is 29.5 Å². The normalized spacial score (nSPS) is 16.2. The molecule has 0 bridgehead atoms. The van der Waals surface area contributed by atoms with Crippen molar-refractivity contribution in [3.05, 3.63) is 54.1 Å². The third-order valence-electron chi connectivity index (χ3n) is 4.49. The summed E-state index contributed by atoms with van der Waals surface area (Å²) in [6.45, 7) is 6.73. The number of nitriles is 1. The van der Waals surface area contributed by atoms with Crippen molar-refractivity contribution in [2.45, 2.75) is 45.3 Å². The highest BCUT2D eigenvalue weighted by Crippen LogP contribution is 2.26. The third-order valence-corrected chi connectivity index (χ3v) is 4.49. The zero-order valence-electron chi connectivity index (χ0n) is 17.1. The van der Waals surface area contributed by atoms with E-state index in [1.165, 1.54) is 0 Å². The van der Waals surface area contributed by atoms with Crippen LogP contribution in [0.3, 0.4) is 0 Å². The van der Waals surface area contributed by atoms with Crippen LogP contribution in [0, 0.1) is 11.3 Å². The first kappa shape index (κ1) is 20.5. The minimum Gasteiger partial charge on any atom is -0.491 e. The summed E-state index contributed by atoms with van der Waals surface area (Å²) < 4.78 is 17.2. The highest BCUT2D eigenvalue weighted by atomic mass is 16.6. The molecule has 6 heteroatoms. The molecule has 0 N–H and O–H groups in total. The second kappa shape index (κ2) is 8.87. The topological polar surface area (TPSA) is 71.8 Å². The van der Waals surface area contributed by atoms with Gasteiger partial charge in [-0.25, -0.2) is 4.79 Å². The molecule has 1 unspecified atom stereocenters. The Morgan fingerprint density at radius 3 is 2.24 bits per heavy atom. The Labute approximate surface area is 171 Å². The Bertz CT molecular complexity index is 864. The van der Waals surface area contributed by atoms with Gasteiger partial charge >= 0.3 is 6.09 Å². The Morgan fingerprint density at radius 1 is 1.07 bits per heavy atom. The number of hydrogen-bond acceptors (Lipinski definition) is 5. The van der Waals surface area contributed by atoms with E-state index in [1.54, 1.807) is 29.2 Å². The first-order valence-electron chi connectivity index (χ1n) is 9.74. The SMILES string of the molecule is CC(C)(C)OC(=O)N1CCCC1COc1ccc(Oc2ccc(C#N)cc2)cc1. The molecule has 0 saturated carbocycles. The highest BCUT2D eigenvalue weighted by molar-refractivity contribution is 5.69. The van der Waals surface area contributed by atoms with Gasteiger partial charge in [-0.2, -0.15) is 5.26 Å². The van der Waals surface area contributed by atoms with Gasteiger partial charge in [-0.15, -0.1) is 0 Å². The lowest BCUT2D eigenvalue weighted by Crippen LogP contribution is -2.42. The molecule has 0 aromatic heterocycles. The summed E-state index contributed by atoms with van der Waals surface area (Å²) in [7, 11) is 0. The number of likely N-dealkylation sites (tertiary alicyclic amines) is 1. The van der Waals surface area contributed by atoms with E-state index < -0.39 is 5.60 Å². The van der Waals surface area contributed by atoms with Crippen molar-refractivity contribution in [3.63, 3.8) is 0 Å². The number of amides is 1. The number of benzene rings is 2. The first-order valence-corrected chi connectivity index (χ1v) is 9.74. The van der Waals surface area contributed by atoms with Crippen molar-refractivity contribution in [1.29, 1.82) is 5.26 Å². The minimum atomic E-state index is -0.504. The number of nitrogens with zero attached hydrogens (tertiary/aromatic N) is 2. The summed E-state index contributed by atoms with van der Waals surface area (Å²) in [5.41, 5.74) is 0.0870. The zero-order chi connectivity index (χ0) is 20.9. The summed E-state index contributed by atoms with van der Waals surface area (Å²) in [5, 5.41) is 8.84. The summed E-state index contributed by atoms with van der Waals surface area (Å²) >= 11 is 0. The Morgan fingerprint density at radius 2 is 1.66 bits per heavy atom. The predicted octanol–water partition coefficient (Wildman–Crippen LogP) is 5.13. The van der Waals surface area contributed by atoms with Crippen LogP contribution in [-0.4, -0.2) is 35.8 Å². The molecule has 152 valence electrons. The molecular formula is C23H26N2O4. The van der Waals surface area contributed by atoms with Crippen molar-refractivity contribution < 1.29 is 19.0 Å². The van der Waals surface area contributed by atoms with E-state index in [2.05, 4.69) is 6.07 Å². The second-order valence-electron chi connectivity index (χ2n) is 7.99. The third kappa shape index (κ3) is 5.89. The van der Waals surface area contributed by atoms with Crippen LogP contribution in [0.15, 0.2) is 48.5 Å². The molecule has 1 aliphatic rings. The summed E-state index contributed by atoms with van der Waals surface area (Å²) in [5.74, 6) is 2.06. The van der Waals surface area contributed by atoms with Gasteiger partial charge < -0.3 is 19.1 Å². The molecule has 0 radical (unpaired) electrons. The molecular weight excluding hydrogens is 368 g/mol. The Hall–Kier alpha value is -3.20. The maximum Gasteiger partial charge on any atom is 0.410 e. The Balaban J connectivity index is 1.53. The number of carbonyl (C=O) groups excluding carboxylic acids is 1. The van der Waals surface area contributed by atoms with Gasteiger partial charge in [0.25, 0.3) is 0 Å². The van der Waals surface area contributed by atoms with Gasteiger partial charge in [0.05, 0.1) is 17.7 Å². The van der Waals surface area contributed by atoms with Crippen LogP contribution in [0.1, 0.15) is 39.2 Å². The van der Waals surface area contributed by atoms with Crippen molar-refractivity contribution in [2.24, 2.45) is 0 Å². The van der Waals surface area contributed by atoms with Gasteiger partial charge in [0.2, 0.25) is 0 Å². The van der Waals surface area contributed by atoms with Crippen LogP contribution < -0.4 is 9.47 Å². The summed E-state index contributed by atoms with van der Waals surface area (Å²) in [4.78, 5) is 14.1. The number of ether oxygens (including phenoxy) is 3. The lowest BCUT2D eigenvalue weighted by atomic mass is 10.2. The quantitative estimate of drug-likeness (QED) is 0.703. The van der Waals surface area contributed by atoms with Crippen LogP contribution in [0.25, 0.3) is 0 Å². The van der Waals surface area contributed by atoms with Gasteiger partial charge in [0.15, 0.2) is 0 Å². The van der Waals surface area contributed by atoms with Crippen molar-refractivity contribution in [1.82, 2.24) is 4.90 Å². The monoisotopic (exact) mass is 394 g/mol. The van der Waals surface area contributed by atoms with Crippen LogP contribution in [0.4, 0.5) is 4.79 Å². The average molecular weight is 394 g/mol. The fraction of sp³-hybridized carbons (Fsp3) is 0.391. The number of hydrogen-bond donors (Lipinski definition) is 0. The van der Waals surface area contributed by atoms with Gasteiger partial charge in [-0.1, -0.05) is 0 Å². The Kier molecular flexibility index (Phi) is 6.28. The summed E-state index contributed by atoms with van der Waals surface area (Å²) in [6.07, 6.45) is 1.57. The molecule has 29 heavy (non-hydrogen) atoms. The molecule has 1 saturated heterocycles. The van der Waals surface area contributed by atoms with Crippen LogP contribution in [-0.2, 0) is 4.74 Å². The van der Waals surface area contributed by atoms with E-state index in [0.29, 0.717) is 36.0 Å². The van der Waals surface area contributed by atoms with Crippen LogP contribution in [0.2, 0.25) is 0 Å². The van der Waals surface area contributed by atoms with Crippen LogP contribution >= 0.6 is 0 Å². The molecule has 1 heterocycles. The second-order valence-corrected chi connectivity index (χ2v) is 7.99. The van der Waals surface area contributed by atoms with E-state index >= 15 is 0 Å². The van der Waals surface area contributed by atoms with Crippen molar-refractivity contribution in [2.75, 3.05) is 13.2 Å². The predicted molar refractivity (Wildman–Crippen MR) is 109 cm³/mol. The van der Waals surface area contributed by atoms with E-state index in [0.717, 1.165) is 12.8 Å². The maximum absolute atomic E-state index is 12.4. The molecule has 1 atom stereocenters. The average Bonchev–Trinajstić information content (AvgIpc) is 3.16. The smallest absolute Gasteiger partial charge is 0.410 e. The van der Waals surface area contributed by atoms with Gasteiger partial charge in [-0.05, 0) is 82.1 Å². The fourth-order valence-corrected chi connectivity index (χ4v) is 3.10. The largest absolute Gasteiger partial charge is 0.491 e. The molecule has 0 spiro atoms. The maximum atomic E-state index is 12.4. The highest BCUT2D eigenvalue weighted by Gasteiger charge is 2.32. The fourth-order valence-electron chi connectivity index (χ4n) is 3.10. The van der Waals surface area contributed by atoms with Gasteiger partial charge in [0, 0.05) is 6.54 Å². The zero-order valence-corrected chi connectivity index (χ0v) is 17.1. The summed E-state index contributed by atoms with van der Waals surface area (Å²) in [6, 6.07) is 16.4. The molecule has 3 rings (SSSR count). The first-order chi connectivity index (χ1) is 13.8. The molecule has 1 aliphatic heterocycles. The number of rotatable bonds is 5. The minimum absolute atomic E-state index is 0.0134. The van der Waals surface area contributed by atoms with E-state index in [4.69, 9.17) is 19.5 Å². The van der Waals surface area contributed by atoms with E-state index in [9.17, 15) is 4.79 Å². The van der Waals surface area contributed by atoms with Crippen LogP contribution in [0.5, 0.6) is 17.2 Å². The molecule has 2 aromatic rings. The lowest BCUT2D eigenvalue weighted by molar-refractivity contribution is 0.0187. The standard InChI is InChI=1S/C23H26N2O4/c1-23(2,3)29-22(26)25-14-4-5-18(25)16-27-19-10-12-21(13-11-19)28-20-8-6-17(15-24)7-9-20/h6-13,18H,4-5,14,16H2,1-3H3. The molecule has 0 aliphatic carbocycles. The molecule has 1 amide bonds. The number of carbonyl (C=O) groups is 1. The van der Waals surface area contributed by atoms with Gasteiger partial charge in [-0.3, -0.25) is 0 Å². The van der Waals surface area contributed by atoms with E-state index in [1.807, 2.05) is 45.0 Å². The molecule has 1 fully saturated rings. The lowest BCUT2D eigenvalue weighted by Gasteiger charge is -2.28. The molecule has 6 nitrogen and oxygen atoms in total. The van der Waals surface area contributed by atoms with Crippen molar-refractivity contribution >= 4 is 6.09 Å².